The maximum absolute atomic E-state index is 13.2. The highest BCUT2D eigenvalue weighted by Crippen LogP contribution is 2.37. The molecule has 0 unspecified atom stereocenters. The fraction of sp³-hybridized carbons (Fsp3) is 0.435. The molecule has 1 saturated heterocycles. The predicted molar refractivity (Wildman–Crippen MR) is 127 cm³/mol. The molecule has 1 fully saturated rings. The van der Waals surface area contributed by atoms with Crippen molar-refractivity contribution in [3.05, 3.63) is 40.9 Å². The summed E-state index contributed by atoms with van der Waals surface area (Å²) in [5.74, 6) is 0.463. The number of rotatable bonds is 9. The van der Waals surface area contributed by atoms with Crippen LogP contribution in [0.1, 0.15) is 43.0 Å². The van der Waals surface area contributed by atoms with Gasteiger partial charge < -0.3 is 19.5 Å². The molecule has 1 aliphatic heterocycles. The van der Waals surface area contributed by atoms with E-state index in [0.717, 1.165) is 25.7 Å². The summed E-state index contributed by atoms with van der Waals surface area (Å²) in [6.45, 7) is 3.36. The molecule has 10 heteroatoms. The Morgan fingerprint density at radius 2 is 1.76 bits per heavy atom. The van der Waals surface area contributed by atoms with Gasteiger partial charge in [0.1, 0.15) is 10.6 Å². The summed E-state index contributed by atoms with van der Waals surface area (Å²) in [4.78, 5) is 12.9. The molecule has 33 heavy (non-hydrogen) atoms. The molecule has 3 rings (SSSR count). The Hall–Kier alpha value is -2.49. The molecule has 2 aromatic carbocycles. The molecule has 0 radical (unpaired) electrons. The average Bonchev–Trinajstić information content (AvgIpc) is 2.83. The molecule has 2 aromatic rings. The van der Waals surface area contributed by atoms with Crippen molar-refractivity contribution in [1.82, 2.24) is 4.31 Å². The number of methoxy groups -OCH3 is 2. The first-order valence-corrected chi connectivity index (χ1v) is 12.6. The van der Waals surface area contributed by atoms with Crippen LogP contribution in [0.3, 0.4) is 0 Å². The zero-order valence-electron chi connectivity index (χ0n) is 19.0. The van der Waals surface area contributed by atoms with Gasteiger partial charge in [-0.05, 0) is 49.6 Å². The normalized spacial score (nSPS) is 14.5. The number of halogens is 1. The van der Waals surface area contributed by atoms with Crippen molar-refractivity contribution >= 4 is 33.2 Å². The summed E-state index contributed by atoms with van der Waals surface area (Å²) < 4.78 is 44.1. The van der Waals surface area contributed by atoms with Crippen LogP contribution in [-0.2, 0) is 10.0 Å². The molecule has 0 bridgehead atoms. The van der Waals surface area contributed by atoms with E-state index in [2.05, 4.69) is 5.32 Å². The average molecular weight is 497 g/mol. The van der Waals surface area contributed by atoms with Crippen molar-refractivity contribution in [2.45, 2.75) is 37.5 Å². The van der Waals surface area contributed by atoms with Crippen LogP contribution in [0, 0.1) is 0 Å². The zero-order chi connectivity index (χ0) is 24.0. The van der Waals surface area contributed by atoms with Gasteiger partial charge in [0.2, 0.25) is 10.0 Å². The van der Waals surface area contributed by atoms with Gasteiger partial charge in [0, 0.05) is 24.3 Å². The minimum absolute atomic E-state index is 0.0172. The van der Waals surface area contributed by atoms with Gasteiger partial charge >= 0.3 is 0 Å². The number of sulfonamides is 1. The van der Waals surface area contributed by atoms with Crippen molar-refractivity contribution in [3.63, 3.8) is 0 Å². The van der Waals surface area contributed by atoms with Crippen LogP contribution in [0.4, 0.5) is 5.69 Å². The van der Waals surface area contributed by atoms with Crippen molar-refractivity contribution < 1.29 is 27.4 Å². The van der Waals surface area contributed by atoms with Crippen LogP contribution >= 0.6 is 11.6 Å². The van der Waals surface area contributed by atoms with E-state index >= 15 is 0 Å². The lowest BCUT2D eigenvalue weighted by Crippen LogP contribution is -2.35. The van der Waals surface area contributed by atoms with Gasteiger partial charge in [0.05, 0.1) is 25.8 Å². The highest BCUT2D eigenvalue weighted by Gasteiger charge is 2.29. The van der Waals surface area contributed by atoms with Gasteiger partial charge in [-0.25, -0.2) is 8.42 Å². The smallest absolute Gasteiger partial charge is 0.255 e. The molecule has 8 nitrogen and oxygen atoms in total. The maximum atomic E-state index is 13.2. The summed E-state index contributed by atoms with van der Waals surface area (Å²) in [5, 5.41) is 2.98. The first-order chi connectivity index (χ1) is 15.8. The van der Waals surface area contributed by atoms with E-state index in [1.165, 1.54) is 42.8 Å². The highest BCUT2D eigenvalue weighted by atomic mass is 35.5. The van der Waals surface area contributed by atoms with Gasteiger partial charge in [0.15, 0.2) is 11.5 Å². The van der Waals surface area contributed by atoms with Crippen molar-refractivity contribution in [3.8, 4) is 17.2 Å². The molecule has 1 aliphatic rings. The van der Waals surface area contributed by atoms with Crippen LogP contribution in [0.2, 0.25) is 5.02 Å². The minimum atomic E-state index is -3.76. The first kappa shape index (κ1) is 25.1. The lowest BCUT2D eigenvalue weighted by molar-refractivity contribution is 0.102. The number of amides is 1. The number of piperidine rings is 1. The fourth-order valence-electron chi connectivity index (χ4n) is 3.60. The summed E-state index contributed by atoms with van der Waals surface area (Å²) in [5.41, 5.74) is 0.565. The SMILES string of the molecule is CCCOc1c(Cl)cc(C(=O)Nc2ccc(OC)c(S(=O)(=O)N3CCCCC3)c2)cc1OC. The monoisotopic (exact) mass is 496 g/mol. The van der Waals surface area contributed by atoms with E-state index in [4.69, 9.17) is 25.8 Å². The number of carbonyl (C=O) groups is 1. The van der Waals surface area contributed by atoms with Crippen LogP contribution in [0.15, 0.2) is 35.2 Å². The van der Waals surface area contributed by atoms with E-state index in [1.807, 2.05) is 6.92 Å². The largest absolute Gasteiger partial charge is 0.495 e. The number of hydrogen-bond acceptors (Lipinski definition) is 6. The summed E-state index contributed by atoms with van der Waals surface area (Å²) >= 11 is 6.32. The molecular formula is C23H29ClN2O6S. The Labute approximate surface area is 199 Å². The Kier molecular flexibility index (Phi) is 8.45. The lowest BCUT2D eigenvalue weighted by Gasteiger charge is -2.26. The van der Waals surface area contributed by atoms with E-state index in [9.17, 15) is 13.2 Å². The van der Waals surface area contributed by atoms with Gasteiger partial charge in [-0.3, -0.25) is 4.79 Å². The summed E-state index contributed by atoms with van der Waals surface area (Å²) in [6.07, 6.45) is 3.44. The number of nitrogens with one attached hydrogen (secondary N) is 1. The molecular weight excluding hydrogens is 468 g/mol. The first-order valence-electron chi connectivity index (χ1n) is 10.8. The molecule has 180 valence electrons. The van der Waals surface area contributed by atoms with E-state index in [-0.39, 0.29) is 21.2 Å². The number of carbonyl (C=O) groups excluding carboxylic acids is 1. The molecule has 1 amide bonds. The standard InChI is InChI=1S/C23H29ClN2O6S/c1-4-12-32-22-18(24)13-16(14-20(22)31-3)23(27)25-17-8-9-19(30-2)21(15-17)33(28,29)26-10-6-5-7-11-26/h8-9,13-15H,4-7,10-12H2,1-3H3,(H,25,27). The fourth-order valence-corrected chi connectivity index (χ4v) is 5.56. The second-order valence-corrected chi connectivity index (χ2v) is 9.94. The molecule has 1 heterocycles. The van der Waals surface area contributed by atoms with Gasteiger partial charge in [-0.15, -0.1) is 0 Å². The number of ether oxygens (including phenoxy) is 3. The second-order valence-electron chi connectivity index (χ2n) is 7.62. The van der Waals surface area contributed by atoms with Gasteiger partial charge in [-0.1, -0.05) is 24.9 Å². The topological polar surface area (TPSA) is 94.2 Å². The maximum Gasteiger partial charge on any atom is 0.255 e. The third-order valence-electron chi connectivity index (χ3n) is 5.30. The third kappa shape index (κ3) is 5.72. The Bertz CT molecular complexity index is 1100. The van der Waals surface area contributed by atoms with E-state index in [1.54, 1.807) is 6.07 Å². The Balaban J connectivity index is 1.88. The molecule has 0 aromatic heterocycles. The molecule has 0 atom stereocenters. The van der Waals surface area contributed by atoms with E-state index in [0.29, 0.717) is 36.9 Å². The van der Waals surface area contributed by atoms with Crippen LogP contribution in [0.5, 0.6) is 17.2 Å². The molecule has 0 aliphatic carbocycles. The Morgan fingerprint density at radius 3 is 2.39 bits per heavy atom. The van der Waals surface area contributed by atoms with Crippen LogP contribution < -0.4 is 19.5 Å². The van der Waals surface area contributed by atoms with Crippen LogP contribution in [0.25, 0.3) is 0 Å². The minimum Gasteiger partial charge on any atom is -0.495 e. The number of nitrogens with zero attached hydrogens (tertiary/aromatic N) is 1. The highest BCUT2D eigenvalue weighted by molar-refractivity contribution is 7.89. The third-order valence-corrected chi connectivity index (χ3v) is 7.50. The van der Waals surface area contributed by atoms with E-state index < -0.39 is 15.9 Å². The quantitative estimate of drug-likeness (QED) is 0.546. The number of anilines is 1. The Morgan fingerprint density at radius 1 is 1.06 bits per heavy atom. The van der Waals surface area contributed by atoms with Gasteiger partial charge in [-0.2, -0.15) is 4.31 Å². The summed E-state index contributed by atoms with van der Waals surface area (Å²) in [7, 11) is -0.879. The van der Waals surface area contributed by atoms with Crippen molar-refractivity contribution in [1.29, 1.82) is 0 Å². The summed E-state index contributed by atoms with van der Waals surface area (Å²) in [6, 6.07) is 7.55. The van der Waals surface area contributed by atoms with Crippen molar-refractivity contribution in [2.24, 2.45) is 0 Å². The second kappa shape index (κ2) is 11.1. The molecule has 0 spiro atoms. The predicted octanol–water partition coefficient (Wildman–Crippen LogP) is 4.57. The van der Waals surface area contributed by atoms with Crippen LogP contribution in [-0.4, -0.2) is 52.5 Å². The zero-order valence-corrected chi connectivity index (χ0v) is 20.6. The van der Waals surface area contributed by atoms with Gasteiger partial charge in [0.25, 0.3) is 5.91 Å². The van der Waals surface area contributed by atoms with Crippen molar-refractivity contribution in [2.75, 3.05) is 39.2 Å². The number of benzene rings is 2. The number of hydrogen-bond donors (Lipinski definition) is 1. The lowest BCUT2D eigenvalue weighted by atomic mass is 10.1. The molecule has 1 N–H and O–H groups in total. The molecule has 0 saturated carbocycles.